The number of aromatic amines is 1. The second-order valence-corrected chi connectivity index (χ2v) is 5.63. The molecule has 2 aromatic heterocycles. The molecule has 0 fully saturated rings. The van der Waals surface area contributed by atoms with Gasteiger partial charge in [-0.3, -0.25) is 9.59 Å². The van der Waals surface area contributed by atoms with Gasteiger partial charge in [0.05, 0.1) is 5.69 Å². The molecule has 0 bridgehead atoms. The van der Waals surface area contributed by atoms with Gasteiger partial charge in [-0.1, -0.05) is 12.1 Å². The van der Waals surface area contributed by atoms with Crippen LogP contribution >= 0.6 is 0 Å². The highest BCUT2D eigenvalue weighted by Gasteiger charge is 2.19. The highest BCUT2D eigenvalue weighted by Crippen LogP contribution is 2.30. The Kier molecular flexibility index (Phi) is 3.16. The van der Waals surface area contributed by atoms with E-state index in [4.69, 9.17) is 5.73 Å². The number of fused-ring (bicyclic) bond motifs is 1. The van der Waals surface area contributed by atoms with Crippen molar-refractivity contribution < 1.29 is 4.79 Å². The lowest BCUT2D eigenvalue weighted by atomic mass is 10.00. The van der Waals surface area contributed by atoms with Crippen molar-refractivity contribution in [3.63, 3.8) is 0 Å². The summed E-state index contributed by atoms with van der Waals surface area (Å²) in [7, 11) is 0. The molecule has 0 radical (unpaired) electrons. The maximum atomic E-state index is 11.8. The Labute approximate surface area is 137 Å². The smallest absolute Gasteiger partial charge is 0.251 e. The maximum absolute atomic E-state index is 11.8. The topological polar surface area (TPSA) is 101 Å². The number of carbonyl (C=O) groups is 1. The summed E-state index contributed by atoms with van der Waals surface area (Å²) >= 11 is 0. The first-order valence-corrected chi connectivity index (χ1v) is 7.49. The number of nitrogens with zero attached hydrogens (tertiary/aromatic N) is 1. The van der Waals surface area contributed by atoms with Gasteiger partial charge in [-0.25, -0.2) is 4.98 Å². The van der Waals surface area contributed by atoms with Crippen LogP contribution in [0.4, 0.5) is 5.82 Å². The van der Waals surface area contributed by atoms with Gasteiger partial charge >= 0.3 is 0 Å². The zero-order chi connectivity index (χ0) is 16.7. The fraction of sp³-hybridized carbons (Fsp3) is 0.0556. The number of nitrogen functional groups attached to an aromatic ring is 1. The largest absolute Gasteiger partial charge is 0.383 e. The second kappa shape index (κ2) is 5.34. The Hall–Kier alpha value is -3.41. The Morgan fingerprint density at radius 1 is 0.958 bits per heavy atom. The molecule has 0 atom stereocenters. The van der Waals surface area contributed by atoms with Crippen LogP contribution in [0.2, 0.25) is 0 Å². The first-order valence-electron chi connectivity index (χ1n) is 7.49. The summed E-state index contributed by atoms with van der Waals surface area (Å²) in [6, 6.07) is 12.6. The molecule has 0 aliphatic carbocycles. The Morgan fingerprint density at radius 3 is 2.62 bits per heavy atom. The number of H-pyrrole nitrogens is 1. The minimum Gasteiger partial charge on any atom is -0.383 e. The Bertz CT molecular complexity index is 1020. The summed E-state index contributed by atoms with van der Waals surface area (Å²) < 4.78 is 0. The summed E-state index contributed by atoms with van der Waals surface area (Å²) in [4.78, 5) is 30.2. The first kappa shape index (κ1) is 14.2. The zero-order valence-electron chi connectivity index (χ0n) is 12.7. The zero-order valence-corrected chi connectivity index (χ0v) is 12.7. The molecule has 1 aromatic carbocycles. The number of aromatic nitrogens is 2. The van der Waals surface area contributed by atoms with Crippen molar-refractivity contribution in [1.82, 2.24) is 15.3 Å². The van der Waals surface area contributed by atoms with Crippen LogP contribution in [0.5, 0.6) is 0 Å². The van der Waals surface area contributed by atoms with Crippen LogP contribution < -0.4 is 16.6 Å². The molecule has 3 aromatic rings. The van der Waals surface area contributed by atoms with Gasteiger partial charge in [-0.2, -0.15) is 0 Å². The van der Waals surface area contributed by atoms with Crippen LogP contribution in [0.15, 0.2) is 53.5 Å². The number of benzene rings is 1. The van der Waals surface area contributed by atoms with Gasteiger partial charge in [0.2, 0.25) is 5.56 Å². The maximum Gasteiger partial charge on any atom is 0.251 e. The summed E-state index contributed by atoms with van der Waals surface area (Å²) in [5.74, 6) is 0.282. The van der Waals surface area contributed by atoms with Crippen molar-refractivity contribution in [3.8, 4) is 22.4 Å². The van der Waals surface area contributed by atoms with E-state index in [2.05, 4.69) is 15.3 Å². The molecule has 0 saturated carbocycles. The van der Waals surface area contributed by atoms with E-state index in [-0.39, 0.29) is 11.5 Å². The van der Waals surface area contributed by atoms with Gasteiger partial charge in [0.1, 0.15) is 5.82 Å². The summed E-state index contributed by atoms with van der Waals surface area (Å²) in [5, 5.41) is 2.80. The number of carbonyl (C=O) groups excluding carboxylic acids is 1. The van der Waals surface area contributed by atoms with E-state index in [0.717, 1.165) is 16.7 Å². The van der Waals surface area contributed by atoms with Crippen LogP contribution in [-0.4, -0.2) is 15.9 Å². The lowest BCUT2D eigenvalue weighted by Crippen LogP contribution is -2.12. The molecule has 0 saturated heterocycles. The van der Waals surface area contributed by atoms with Gasteiger partial charge in [0.25, 0.3) is 5.91 Å². The molecule has 4 rings (SSSR count). The van der Waals surface area contributed by atoms with E-state index in [9.17, 15) is 9.59 Å². The SMILES string of the molecule is Nc1nc(-c2cc[nH]c(=O)c2)ccc1-c1ccc2c(c1)C(=O)NC2. The molecule has 0 spiro atoms. The molecule has 1 amide bonds. The number of amides is 1. The third-order valence-electron chi connectivity index (χ3n) is 4.10. The number of pyridine rings is 2. The van der Waals surface area contributed by atoms with Gasteiger partial charge in [0.15, 0.2) is 0 Å². The highest BCUT2D eigenvalue weighted by molar-refractivity contribution is 5.99. The molecular formula is C18H14N4O2. The number of rotatable bonds is 2. The van der Waals surface area contributed by atoms with E-state index in [1.807, 2.05) is 30.3 Å². The fourth-order valence-electron chi connectivity index (χ4n) is 2.86. The second-order valence-electron chi connectivity index (χ2n) is 5.63. The minimum atomic E-state index is -0.193. The van der Waals surface area contributed by atoms with Crippen LogP contribution in [0.1, 0.15) is 15.9 Å². The van der Waals surface area contributed by atoms with E-state index in [1.165, 1.54) is 6.07 Å². The minimum absolute atomic E-state index is 0.0708. The molecule has 118 valence electrons. The van der Waals surface area contributed by atoms with Crippen molar-refractivity contribution in [2.24, 2.45) is 0 Å². The number of hydrogen-bond acceptors (Lipinski definition) is 4. The van der Waals surface area contributed by atoms with Crippen LogP contribution in [-0.2, 0) is 6.54 Å². The lowest BCUT2D eigenvalue weighted by molar-refractivity contribution is 0.0966. The molecule has 1 aliphatic rings. The Morgan fingerprint density at radius 2 is 1.83 bits per heavy atom. The number of nitrogens with one attached hydrogen (secondary N) is 2. The van der Waals surface area contributed by atoms with Crippen molar-refractivity contribution in [2.45, 2.75) is 6.54 Å². The quantitative estimate of drug-likeness (QED) is 0.672. The molecule has 3 heterocycles. The molecular weight excluding hydrogens is 304 g/mol. The van der Waals surface area contributed by atoms with Gasteiger partial charge in [-0.05, 0) is 35.4 Å². The Balaban J connectivity index is 1.77. The third kappa shape index (κ3) is 2.34. The van der Waals surface area contributed by atoms with Crippen molar-refractivity contribution in [2.75, 3.05) is 5.73 Å². The molecule has 6 heteroatoms. The van der Waals surface area contributed by atoms with Gasteiger partial charge in [0, 0.05) is 35.5 Å². The number of nitrogens with two attached hydrogens (primary N) is 1. The van der Waals surface area contributed by atoms with Crippen molar-refractivity contribution in [3.05, 3.63) is 70.1 Å². The summed E-state index contributed by atoms with van der Waals surface area (Å²) in [5.41, 5.74) is 10.5. The van der Waals surface area contributed by atoms with Crippen LogP contribution in [0, 0.1) is 0 Å². The van der Waals surface area contributed by atoms with Crippen molar-refractivity contribution in [1.29, 1.82) is 0 Å². The van der Waals surface area contributed by atoms with Crippen LogP contribution in [0.3, 0.4) is 0 Å². The van der Waals surface area contributed by atoms with E-state index in [1.54, 1.807) is 12.3 Å². The number of hydrogen-bond donors (Lipinski definition) is 3. The molecule has 1 aliphatic heterocycles. The van der Waals surface area contributed by atoms with Gasteiger partial charge < -0.3 is 16.0 Å². The molecule has 6 nitrogen and oxygen atoms in total. The highest BCUT2D eigenvalue weighted by atomic mass is 16.2. The standard InChI is InChI=1S/C18H14N4O2/c19-17-13(10-1-2-12-9-21-18(24)14(12)7-10)3-4-15(22-17)11-5-6-20-16(23)8-11/h1-8H,9H2,(H2,19,22)(H,20,23)(H,21,24). The summed E-state index contributed by atoms with van der Waals surface area (Å²) in [6.07, 6.45) is 1.57. The normalized spacial score (nSPS) is 12.8. The molecule has 24 heavy (non-hydrogen) atoms. The summed E-state index contributed by atoms with van der Waals surface area (Å²) in [6.45, 7) is 0.559. The van der Waals surface area contributed by atoms with Crippen LogP contribution in [0.25, 0.3) is 22.4 Å². The average molecular weight is 318 g/mol. The van der Waals surface area contributed by atoms with E-state index < -0.39 is 0 Å². The monoisotopic (exact) mass is 318 g/mol. The number of anilines is 1. The van der Waals surface area contributed by atoms with Crippen molar-refractivity contribution >= 4 is 11.7 Å². The fourth-order valence-corrected chi connectivity index (χ4v) is 2.86. The average Bonchev–Trinajstić information content (AvgIpc) is 2.95. The van der Waals surface area contributed by atoms with Gasteiger partial charge in [-0.15, -0.1) is 0 Å². The lowest BCUT2D eigenvalue weighted by Gasteiger charge is -2.09. The predicted molar refractivity (Wildman–Crippen MR) is 91.3 cm³/mol. The first-order chi connectivity index (χ1) is 11.6. The van der Waals surface area contributed by atoms with E-state index in [0.29, 0.717) is 29.2 Å². The molecule has 0 unspecified atom stereocenters. The third-order valence-corrected chi connectivity index (χ3v) is 4.10. The predicted octanol–water partition coefficient (Wildman–Crippen LogP) is 1.93. The van der Waals surface area contributed by atoms with E-state index >= 15 is 0 Å². The molecule has 4 N–H and O–H groups in total.